The fourth-order valence-corrected chi connectivity index (χ4v) is 5.46. The third kappa shape index (κ3) is 3.34. The molecule has 4 nitrogen and oxygen atoms in total. The summed E-state index contributed by atoms with van der Waals surface area (Å²) in [5.41, 5.74) is 3.66. The molecule has 5 heteroatoms. The van der Waals surface area contributed by atoms with E-state index in [0.717, 1.165) is 19.1 Å². The van der Waals surface area contributed by atoms with E-state index in [1.807, 2.05) is 24.0 Å². The summed E-state index contributed by atoms with van der Waals surface area (Å²) in [5, 5.41) is 0. The van der Waals surface area contributed by atoms with Gasteiger partial charge in [0.15, 0.2) is 0 Å². The zero-order valence-corrected chi connectivity index (χ0v) is 15.3. The van der Waals surface area contributed by atoms with Crippen LogP contribution < -0.4 is 0 Å². The summed E-state index contributed by atoms with van der Waals surface area (Å²) in [4.78, 5) is 11.2. The molecule has 23 heavy (non-hydrogen) atoms. The van der Waals surface area contributed by atoms with Gasteiger partial charge in [-0.15, -0.1) is 11.3 Å². The first-order valence-corrected chi connectivity index (χ1v) is 9.89. The van der Waals surface area contributed by atoms with Gasteiger partial charge in [-0.3, -0.25) is 4.90 Å². The molecule has 1 aromatic rings. The number of hydrogen-bond donors (Lipinski definition) is 0. The quantitative estimate of drug-likeness (QED) is 0.799. The second-order valence-electron chi connectivity index (χ2n) is 7.97. The van der Waals surface area contributed by atoms with E-state index in [-0.39, 0.29) is 0 Å². The Morgan fingerprint density at radius 2 is 2.17 bits per heavy atom. The smallest absolute Gasteiger partial charge is 0.0798 e. The van der Waals surface area contributed by atoms with Gasteiger partial charge in [-0.2, -0.15) is 0 Å². The molecule has 1 spiro atoms. The third-order valence-corrected chi connectivity index (χ3v) is 7.06. The summed E-state index contributed by atoms with van der Waals surface area (Å²) in [7, 11) is 1.87. The number of rotatable bonds is 6. The maximum absolute atomic E-state index is 5.59. The van der Waals surface area contributed by atoms with Gasteiger partial charge in [0.1, 0.15) is 0 Å². The van der Waals surface area contributed by atoms with Gasteiger partial charge in [0.05, 0.1) is 17.8 Å². The maximum Gasteiger partial charge on any atom is 0.0798 e. The van der Waals surface area contributed by atoms with Crippen LogP contribution >= 0.6 is 11.3 Å². The number of nitrogens with zero attached hydrogens (tertiary/aromatic N) is 3. The Hall–Kier alpha value is -0.490. The van der Waals surface area contributed by atoms with Crippen molar-refractivity contribution < 1.29 is 4.74 Å². The van der Waals surface area contributed by atoms with Crippen LogP contribution in [0.5, 0.6) is 0 Å². The lowest BCUT2D eigenvalue weighted by Crippen LogP contribution is -2.36. The lowest BCUT2D eigenvalue weighted by atomic mass is 9.77. The van der Waals surface area contributed by atoms with Crippen molar-refractivity contribution in [3.63, 3.8) is 0 Å². The molecule has 2 saturated heterocycles. The zero-order valence-electron chi connectivity index (χ0n) is 14.5. The number of ether oxygens (including phenoxy) is 1. The molecule has 128 valence electrons. The van der Waals surface area contributed by atoms with Crippen LogP contribution in [0, 0.1) is 24.2 Å². The highest BCUT2D eigenvalue weighted by Crippen LogP contribution is 2.45. The molecule has 0 radical (unpaired) electrons. The molecular formula is C18H29N3OS. The Morgan fingerprint density at radius 1 is 1.35 bits per heavy atom. The average molecular weight is 336 g/mol. The molecule has 1 saturated carbocycles. The van der Waals surface area contributed by atoms with Gasteiger partial charge in [0.25, 0.3) is 0 Å². The normalized spacial score (nSPS) is 32.3. The van der Waals surface area contributed by atoms with Gasteiger partial charge >= 0.3 is 0 Å². The second kappa shape index (κ2) is 6.43. The van der Waals surface area contributed by atoms with E-state index < -0.39 is 0 Å². The van der Waals surface area contributed by atoms with Gasteiger partial charge in [-0.1, -0.05) is 0 Å². The van der Waals surface area contributed by atoms with Crippen molar-refractivity contribution in [2.75, 3.05) is 46.4 Å². The molecule has 2 atom stereocenters. The second-order valence-corrected chi connectivity index (χ2v) is 8.91. The number of aromatic nitrogens is 1. The van der Waals surface area contributed by atoms with E-state index in [9.17, 15) is 0 Å². The number of aryl methyl sites for hydroxylation is 1. The molecule has 3 heterocycles. The van der Waals surface area contributed by atoms with Crippen molar-refractivity contribution in [1.82, 2.24) is 14.8 Å². The van der Waals surface area contributed by atoms with E-state index in [0.29, 0.717) is 11.3 Å². The van der Waals surface area contributed by atoms with Crippen LogP contribution in [-0.4, -0.2) is 61.2 Å². The Bertz CT molecular complexity index is 544. The van der Waals surface area contributed by atoms with E-state index in [1.165, 1.54) is 62.6 Å². The predicted octanol–water partition coefficient (Wildman–Crippen LogP) is 2.63. The van der Waals surface area contributed by atoms with Crippen molar-refractivity contribution in [1.29, 1.82) is 0 Å². The number of likely N-dealkylation sites (tertiary alicyclic amines) is 2. The molecule has 0 amide bonds. The molecule has 1 aliphatic carbocycles. The lowest BCUT2D eigenvalue weighted by Gasteiger charge is -2.30. The van der Waals surface area contributed by atoms with Crippen molar-refractivity contribution in [2.24, 2.45) is 17.3 Å². The summed E-state index contributed by atoms with van der Waals surface area (Å²) >= 11 is 1.81. The molecule has 3 fully saturated rings. The largest absolute Gasteiger partial charge is 0.384 e. The Kier molecular flexibility index (Phi) is 4.47. The predicted molar refractivity (Wildman–Crippen MR) is 93.7 cm³/mol. The van der Waals surface area contributed by atoms with Crippen LogP contribution in [0.1, 0.15) is 29.8 Å². The number of methoxy groups -OCH3 is 1. The van der Waals surface area contributed by atoms with Gasteiger partial charge in [-0.05, 0) is 38.6 Å². The lowest BCUT2D eigenvalue weighted by molar-refractivity contribution is 0.0959. The minimum atomic E-state index is 0.462. The minimum absolute atomic E-state index is 0.462. The van der Waals surface area contributed by atoms with Gasteiger partial charge in [0.2, 0.25) is 0 Å². The average Bonchev–Trinajstić information content (AvgIpc) is 2.96. The molecular weight excluding hydrogens is 306 g/mol. The topological polar surface area (TPSA) is 28.6 Å². The van der Waals surface area contributed by atoms with E-state index >= 15 is 0 Å². The van der Waals surface area contributed by atoms with E-state index in [2.05, 4.69) is 21.7 Å². The summed E-state index contributed by atoms with van der Waals surface area (Å²) in [5.74, 6) is 1.70. The van der Waals surface area contributed by atoms with Gasteiger partial charge < -0.3 is 9.64 Å². The summed E-state index contributed by atoms with van der Waals surface area (Å²) < 4.78 is 5.59. The molecule has 3 aliphatic rings. The standard InChI is InChI=1S/C18H29N3OS/c1-14-17(23-13-19-14)9-20-6-5-18(11-20)12-21(7-15-3-4-15)8-16(18)10-22-2/h13,15-16H,3-12H2,1-2H3/t16-,18-/m1/s1. The van der Waals surface area contributed by atoms with Crippen molar-refractivity contribution >= 4 is 11.3 Å². The van der Waals surface area contributed by atoms with Crippen molar-refractivity contribution in [2.45, 2.75) is 32.7 Å². The summed E-state index contributed by atoms with van der Waals surface area (Å²) in [6.07, 6.45) is 4.24. The highest BCUT2D eigenvalue weighted by atomic mass is 32.1. The van der Waals surface area contributed by atoms with E-state index in [1.54, 1.807) is 0 Å². The van der Waals surface area contributed by atoms with Crippen LogP contribution in [0.3, 0.4) is 0 Å². The third-order valence-electron chi connectivity index (χ3n) is 6.14. The highest BCUT2D eigenvalue weighted by Gasteiger charge is 2.50. The van der Waals surface area contributed by atoms with Crippen molar-refractivity contribution in [3.05, 3.63) is 16.1 Å². The van der Waals surface area contributed by atoms with Gasteiger partial charge in [-0.25, -0.2) is 4.98 Å². The molecule has 0 unspecified atom stereocenters. The number of thiazole rings is 1. The Labute approximate surface area is 143 Å². The van der Waals surface area contributed by atoms with E-state index in [4.69, 9.17) is 4.74 Å². The minimum Gasteiger partial charge on any atom is -0.384 e. The molecule has 1 aromatic heterocycles. The molecule has 2 aliphatic heterocycles. The summed E-state index contributed by atoms with van der Waals surface area (Å²) in [6, 6.07) is 0. The Balaban J connectivity index is 1.42. The molecule has 0 bridgehead atoms. The number of hydrogen-bond acceptors (Lipinski definition) is 5. The first kappa shape index (κ1) is 16.0. The Morgan fingerprint density at radius 3 is 2.87 bits per heavy atom. The summed E-state index contributed by atoms with van der Waals surface area (Å²) in [6.45, 7) is 10.5. The van der Waals surface area contributed by atoms with Gasteiger partial charge in [0, 0.05) is 56.0 Å². The first-order chi connectivity index (χ1) is 11.2. The van der Waals surface area contributed by atoms with Crippen LogP contribution in [0.15, 0.2) is 5.51 Å². The fourth-order valence-electron chi connectivity index (χ4n) is 4.64. The molecule has 4 rings (SSSR count). The first-order valence-electron chi connectivity index (χ1n) is 9.01. The monoisotopic (exact) mass is 335 g/mol. The fraction of sp³-hybridized carbons (Fsp3) is 0.833. The highest BCUT2D eigenvalue weighted by molar-refractivity contribution is 7.09. The van der Waals surface area contributed by atoms with Crippen molar-refractivity contribution in [3.8, 4) is 0 Å². The van der Waals surface area contributed by atoms with Crippen LogP contribution in [0.2, 0.25) is 0 Å². The zero-order chi connectivity index (χ0) is 15.9. The van der Waals surface area contributed by atoms with Crippen LogP contribution in [0.25, 0.3) is 0 Å². The molecule has 0 aromatic carbocycles. The van der Waals surface area contributed by atoms with Crippen LogP contribution in [-0.2, 0) is 11.3 Å². The maximum atomic E-state index is 5.59. The van der Waals surface area contributed by atoms with Crippen LogP contribution in [0.4, 0.5) is 0 Å². The molecule has 0 N–H and O–H groups in total. The SMILES string of the molecule is COC[C@H]1CN(CC2CC2)C[C@]12CCN(Cc1scnc1C)C2.